The minimum Gasteiger partial charge on any atom is -0.507 e. The molecule has 0 spiro atoms. The normalized spacial score (nSPS) is 17.7. The second-order valence-corrected chi connectivity index (χ2v) is 7.85. The highest BCUT2D eigenvalue weighted by Crippen LogP contribution is 2.44. The van der Waals surface area contributed by atoms with Crippen LogP contribution in [0.3, 0.4) is 0 Å². The van der Waals surface area contributed by atoms with Crippen molar-refractivity contribution < 1.29 is 23.8 Å². The van der Waals surface area contributed by atoms with E-state index in [4.69, 9.17) is 20.8 Å². The molecule has 4 rings (SSSR count). The molecule has 0 bridgehead atoms. The van der Waals surface area contributed by atoms with Gasteiger partial charge in [-0.15, -0.1) is 0 Å². The van der Waals surface area contributed by atoms with Crippen LogP contribution in [0.15, 0.2) is 70.9 Å². The van der Waals surface area contributed by atoms with Crippen molar-refractivity contribution in [3.05, 3.63) is 88.3 Å². The molecule has 0 radical (unpaired) electrons. The van der Waals surface area contributed by atoms with Crippen LogP contribution >= 0.6 is 11.6 Å². The molecule has 2 heterocycles. The van der Waals surface area contributed by atoms with Crippen LogP contribution in [0.5, 0.6) is 5.75 Å². The van der Waals surface area contributed by atoms with Crippen molar-refractivity contribution in [2.24, 2.45) is 0 Å². The van der Waals surface area contributed by atoms with E-state index >= 15 is 0 Å². The second kappa shape index (κ2) is 8.93. The monoisotopic (exact) mass is 451 g/mol. The molecule has 3 aromatic rings. The Hall–Kier alpha value is -3.51. The highest BCUT2D eigenvalue weighted by atomic mass is 35.5. The van der Waals surface area contributed by atoms with Crippen LogP contribution in [0, 0.1) is 6.92 Å². The number of carbonyl (C=O) groups excluding carboxylic acids is 2. The summed E-state index contributed by atoms with van der Waals surface area (Å²) in [5, 5.41) is 11.6. The Labute approximate surface area is 190 Å². The van der Waals surface area contributed by atoms with Crippen molar-refractivity contribution in [2.45, 2.75) is 26.3 Å². The zero-order chi connectivity index (χ0) is 22.8. The Morgan fingerprint density at radius 2 is 1.88 bits per heavy atom. The number of benzene rings is 2. The number of halogens is 1. The van der Waals surface area contributed by atoms with Gasteiger partial charge in [-0.25, -0.2) is 0 Å². The van der Waals surface area contributed by atoms with Gasteiger partial charge < -0.3 is 14.3 Å². The summed E-state index contributed by atoms with van der Waals surface area (Å²) in [6.07, 6.45) is 2.33. The smallest absolute Gasteiger partial charge is 0.300 e. The first-order chi connectivity index (χ1) is 15.4. The van der Waals surface area contributed by atoms with Crippen LogP contribution in [-0.4, -0.2) is 23.4 Å². The number of nitrogens with zero attached hydrogens (tertiary/aromatic N) is 1. The van der Waals surface area contributed by atoms with Gasteiger partial charge in [0.2, 0.25) is 0 Å². The fourth-order valence-electron chi connectivity index (χ4n) is 3.74. The van der Waals surface area contributed by atoms with E-state index in [1.807, 2.05) is 6.92 Å². The van der Waals surface area contributed by atoms with Gasteiger partial charge in [0.1, 0.15) is 23.3 Å². The molecule has 1 amide bonds. The lowest BCUT2D eigenvalue weighted by atomic mass is 9.99. The Morgan fingerprint density at radius 3 is 2.53 bits per heavy atom. The molecule has 1 aliphatic heterocycles. The van der Waals surface area contributed by atoms with Gasteiger partial charge in [-0.05, 0) is 67.4 Å². The predicted molar refractivity (Wildman–Crippen MR) is 122 cm³/mol. The van der Waals surface area contributed by atoms with Crippen LogP contribution in [0.25, 0.3) is 5.76 Å². The van der Waals surface area contributed by atoms with E-state index < -0.39 is 17.7 Å². The van der Waals surface area contributed by atoms with E-state index in [9.17, 15) is 14.7 Å². The highest BCUT2D eigenvalue weighted by Gasteiger charge is 2.48. The predicted octanol–water partition coefficient (Wildman–Crippen LogP) is 5.66. The van der Waals surface area contributed by atoms with Crippen molar-refractivity contribution in [3.63, 3.8) is 0 Å². The molecule has 0 saturated carbocycles. The van der Waals surface area contributed by atoms with E-state index in [0.717, 1.165) is 6.42 Å². The van der Waals surface area contributed by atoms with Crippen molar-refractivity contribution in [3.8, 4) is 5.75 Å². The van der Waals surface area contributed by atoms with Crippen LogP contribution < -0.4 is 9.64 Å². The Morgan fingerprint density at radius 1 is 1.12 bits per heavy atom. The Bertz CT molecular complexity index is 1180. The molecule has 1 aliphatic rings. The minimum atomic E-state index is -0.932. The van der Waals surface area contributed by atoms with Crippen molar-refractivity contribution in [2.75, 3.05) is 11.5 Å². The van der Waals surface area contributed by atoms with Gasteiger partial charge in [-0.1, -0.05) is 24.6 Å². The standard InChI is InChI=1S/C25H22ClNO5/c1-3-13-31-17-11-9-16(10-12-17)23(28)21-22(20-8-5-14-32-20)27(25(30)24(21)29)19-7-4-6-18(26)15(19)2/h4-12,14,22,28H,3,13H2,1-2H3/b23-21-. The van der Waals surface area contributed by atoms with Crippen LogP contribution in [0.4, 0.5) is 5.69 Å². The highest BCUT2D eigenvalue weighted by molar-refractivity contribution is 6.52. The molecule has 1 unspecified atom stereocenters. The minimum absolute atomic E-state index is 0.0495. The van der Waals surface area contributed by atoms with E-state index in [1.54, 1.807) is 61.5 Å². The fourth-order valence-corrected chi connectivity index (χ4v) is 3.91. The number of furan rings is 1. The molecule has 164 valence electrons. The molecular weight excluding hydrogens is 430 g/mol. The number of hydrogen-bond donors (Lipinski definition) is 1. The van der Waals surface area contributed by atoms with Crippen molar-refractivity contribution in [1.82, 2.24) is 0 Å². The second-order valence-electron chi connectivity index (χ2n) is 7.44. The van der Waals surface area contributed by atoms with E-state index in [2.05, 4.69) is 0 Å². The number of hydrogen-bond acceptors (Lipinski definition) is 5. The first-order valence-electron chi connectivity index (χ1n) is 10.3. The number of ketones is 1. The first kappa shape index (κ1) is 21.7. The molecule has 1 saturated heterocycles. The summed E-state index contributed by atoms with van der Waals surface area (Å²) in [5.74, 6) is -0.834. The average Bonchev–Trinajstić information content (AvgIpc) is 3.41. The molecule has 0 aliphatic carbocycles. The molecule has 32 heavy (non-hydrogen) atoms. The lowest BCUT2D eigenvalue weighted by molar-refractivity contribution is -0.132. The number of anilines is 1. The fraction of sp³-hybridized carbons (Fsp3) is 0.200. The number of Topliss-reactive ketones (excluding diaryl/α,β-unsaturated/α-hetero) is 1. The van der Waals surface area contributed by atoms with Crippen LogP contribution in [0.1, 0.15) is 36.3 Å². The van der Waals surface area contributed by atoms with Crippen molar-refractivity contribution >= 4 is 34.7 Å². The summed E-state index contributed by atoms with van der Waals surface area (Å²) in [6, 6.07) is 14.3. The largest absolute Gasteiger partial charge is 0.507 e. The summed E-state index contributed by atoms with van der Waals surface area (Å²) in [5.41, 5.74) is 1.46. The molecule has 1 fully saturated rings. The van der Waals surface area contributed by atoms with Gasteiger partial charge in [0, 0.05) is 16.3 Å². The van der Waals surface area contributed by atoms with Crippen LogP contribution in [0.2, 0.25) is 5.02 Å². The SMILES string of the molecule is CCCOc1ccc(/C(O)=C2/C(=O)C(=O)N(c3cccc(Cl)c3C)C2c2ccco2)cc1. The summed E-state index contributed by atoms with van der Waals surface area (Å²) in [4.78, 5) is 27.6. The molecule has 1 atom stereocenters. The molecule has 1 N–H and O–H groups in total. The maximum absolute atomic E-state index is 13.1. The third-order valence-corrected chi connectivity index (χ3v) is 5.77. The maximum Gasteiger partial charge on any atom is 0.300 e. The number of aliphatic hydroxyl groups excluding tert-OH is 1. The van der Waals surface area contributed by atoms with Crippen LogP contribution in [-0.2, 0) is 9.59 Å². The number of carbonyl (C=O) groups is 2. The topological polar surface area (TPSA) is 80.0 Å². The molecule has 1 aromatic heterocycles. The average molecular weight is 452 g/mol. The van der Waals surface area contributed by atoms with Crippen molar-refractivity contribution in [1.29, 1.82) is 0 Å². The summed E-state index contributed by atoms with van der Waals surface area (Å²) >= 11 is 6.28. The van der Waals surface area contributed by atoms with E-state index in [1.165, 1.54) is 11.2 Å². The summed E-state index contributed by atoms with van der Waals surface area (Å²) in [7, 11) is 0. The third-order valence-electron chi connectivity index (χ3n) is 5.36. The van der Waals surface area contributed by atoms with Gasteiger partial charge in [-0.2, -0.15) is 0 Å². The Kier molecular flexibility index (Phi) is 6.06. The quantitative estimate of drug-likeness (QED) is 0.297. The zero-order valence-electron chi connectivity index (χ0n) is 17.7. The molecule has 7 heteroatoms. The summed E-state index contributed by atoms with van der Waals surface area (Å²) < 4.78 is 11.1. The van der Waals surface area contributed by atoms with E-state index in [-0.39, 0.29) is 11.3 Å². The van der Waals surface area contributed by atoms with Gasteiger partial charge in [0.05, 0.1) is 18.4 Å². The Balaban J connectivity index is 1.84. The lowest BCUT2D eigenvalue weighted by Gasteiger charge is -2.25. The number of amides is 1. The van der Waals surface area contributed by atoms with E-state index in [0.29, 0.717) is 40.0 Å². The number of ether oxygens (including phenoxy) is 1. The first-order valence-corrected chi connectivity index (χ1v) is 10.6. The zero-order valence-corrected chi connectivity index (χ0v) is 18.4. The van der Waals surface area contributed by atoms with Gasteiger partial charge in [0.25, 0.3) is 11.7 Å². The maximum atomic E-state index is 13.1. The van der Waals surface area contributed by atoms with Gasteiger partial charge >= 0.3 is 0 Å². The molecule has 6 nitrogen and oxygen atoms in total. The number of aliphatic hydroxyl groups is 1. The molecule has 2 aromatic carbocycles. The van der Waals surface area contributed by atoms with Gasteiger partial charge in [0.15, 0.2) is 0 Å². The number of rotatable bonds is 6. The molecular formula is C25H22ClNO5. The lowest BCUT2D eigenvalue weighted by Crippen LogP contribution is -2.30. The third kappa shape index (κ3) is 3.78. The summed E-state index contributed by atoms with van der Waals surface area (Å²) in [6.45, 7) is 4.36. The van der Waals surface area contributed by atoms with Gasteiger partial charge in [-0.3, -0.25) is 14.5 Å².